The van der Waals surface area contributed by atoms with E-state index in [2.05, 4.69) is 22.0 Å². The summed E-state index contributed by atoms with van der Waals surface area (Å²) in [5, 5.41) is 0. The maximum absolute atomic E-state index is 6.00. The van der Waals surface area contributed by atoms with Crippen molar-refractivity contribution in [1.82, 2.24) is 4.90 Å². The maximum atomic E-state index is 6.00. The zero-order valence-corrected chi connectivity index (χ0v) is 16.7. The first-order chi connectivity index (χ1) is 11.4. The Hall–Kier alpha value is -0.860. The molecule has 0 saturated carbocycles. The van der Waals surface area contributed by atoms with E-state index in [9.17, 15) is 0 Å². The van der Waals surface area contributed by atoms with E-state index in [1.165, 1.54) is 24.8 Å². The van der Waals surface area contributed by atoms with Crippen LogP contribution in [-0.4, -0.2) is 50.3 Å². The molecule has 1 heterocycles. The SMILES string of the molecule is I.NC(=NCCCOCCOCc1ccccc1)N1CCCCC1. The highest BCUT2D eigenvalue weighted by molar-refractivity contribution is 14.0. The average Bonchev–Trinajstić information content (AvgIpc) is 2.61. The van der Waals surface area contributed by atoms with Gasteiger partial charge in [0.25, 0.3) is 0 Å². The molecule has 0 aliphatic carbocycles. The quantitative estimate of drug-likeness (QED) is 0.274. The van der Waals surface area contributed by atoms with Gasteiger partial charge in [-0.2, -0.15) is 0 Å². The van der Waals surface area contributed by atoms with Gasteiger partial charge in [-0.15, -0.1) is 24.0 Å². The van der Waals surface area contributed by atoms with E-state index in [1.807, 2.05) is 18.2 Å². The van der Waals surface area contributed by atoms with E-state index >= 15 is 0 Å². The molecule has 2 rings (SSSR count). The summed E-state index contributed by atoms with van der Waals surface area (Å²) in [6, 6.07) is 10.2. The number of halogens is 1. The smallest absolute Gasteiger partial charge is 0.191 e. The minimum Gasteiger partial charge on any atom is -0.379 e. The Morgan fingerprint density at radius 1 is 1.00 bits per heavy atom. The van der Waals surface area contributed by atoms with Gasteiger partial charge in [0.05, 0.1) is 19.8 Å². The second kappa shape index (κ2) is 13.4. The largest absolute Gasteiger partial charge is 0.379 e. The van der Waals surface area contributed by atoms with E-state index in [-0.39, 0.29) is 24.0 Å². The number of hydrogen-bond donors (Lipinski definition) is 1. The molecule has 0 unspecified atom stereocenters. The predicted molar refractivity (Wildman–Crippen MR) is 109 cm³/mol. The zero-order chi connectivity index (χ0) is 16.2. The summed E-state index contributed by atoms with van der Waals surface area (Å²) in [6.07, 6.45) is 4.65. The number of piperidine rings is 1. The van der Waals surface area contributed by atoms with Gasteiger partial charge in [0, 0.05) is 26.2 Å². The number of ether oxygens (including phenoxy) is 2. The maximum Gasteiger partial charge on any atom is 0.191 e. The Bertz CT molecular complexity index is 451. The van der Waals surface area contributed by atoms with Crippen molar-refractivity contribution >= 4 is 29.9 Å². The van der Waals surface area contributed by atoms with Gasteiger partial charge >= 0.3 is 0 Å². The molecule has 1 aromatic carbocycles. The lowest BCUT2D eigenvalue weighted by atomic mass is 10.1. The summed E-state index contributed by atoms with van der Waals surface area (Å²) < 4.78 is 11.1. The number of nitrogens with zero attached hydrogens (tertiary/aromatic N) is 2. The van der Waals surface area contributed by atoms with Crippen LogP contribution >= 0.6 is 24.0 Å². The molecule has 0 bridgehead atoms. The Labute approximate surface area is 162 Å². The van der Waals surface area contributed by atoms with Crippen LogP contribution in [0.15, 0.2) is 35.3 Å². The van der Waals surface area contributed by atoms with E-state index in [0.717, 1.165) is 26.1 Å². The lowest BCUT2D eigenvalue weighted by Crippen LogP contribution is -2.40. The molecule has 5 nitrogen and oxygen atoms in total. The Kier molecular flexibility index (Phi) is 11.9. The molecule has 0 aromatic heterocycles. The topological polar surface area (TPSA) is 60.1 Å². The number of likely N-dealkylation sites (tertiary alicyclic amines) is 1. The van der Waals surface area contributed by atoms with Crippen molar-refractivity contribution in [3.63, 3.8) is 0 Å². The van der Waals surface area contributed by atoms with Gasteiger partial charge in [-0.05, 0) is 31.2 Å². The van der Waals surface area contributed by atoms with E-state index in [1.54, 1.807) is 0 Å². The Morgan fingerprint density at radius 2 is 1.71 bits per heavy atom. The second-order valence-electron chi connectivity index (χ2n) is 5.79. The van der Waals surface area contributed by atoms with Gasteiger partial charge in [0.1, 0.15) is 0 Å². The van der Waals surface area contributed by atoms with Gasteiger partial charge < -0.3 is 20.1 Å². The van der Waals surface area contributed by atoms with Crippen LogP contribution in [0.1, 0.15) is 31.2 Å². The summed E-state index contributed by atoms with van der Waals surface area (Å²) in [5.41, 5.74) is 7.19. The lowest BCUT2D eigenvalue weighted by Gasteiger charge is -2.27. The molecule has 0 amide bonds. The van der Waals surface area contributed by atoms with Crippen LogP contribution in [0.25, 0.3) is 0 Å². The van der Waals surface area contributed by atoms with E-state index in [0.29, 0.717) is 32.4 Å². The molecule has 0 spiro atoms. The zero-order valence-electron chi connectivity index (χ0n) is 14.4. The third-order valence-corrected chi connectivity index (χ3v) is 3.88. The van der Waals surface area contributed by atoms with Crippen molar-refractivity contribution < 1.29 is 9.47 Å². The van der Waals surface area contributed by atoms with Crippen LogP contribution in [0.2, 0.25) is 0 Å². The first-order valence-electron chi connectivity index (χ1n) is 8.60. The summed E-state index contributed by atoms with van der Waals surface area (Å²) in [5.74, 6) is 0.691. The lowest BCUT2D eigenvalue weighted by molar-refractivity contribution is 0.0403. The van der Waals surface area contributed by atoms with Crippen LogP contribution in [0.4, 0.5) is 0 Å². The molecule has 1 fully saturated rings. The predicted octanol–water partition coefficient (Wildman–Crippen LogP) is 3.03. The molecule has 1 aromatic rings. The Balaban J connectivity index is 0.00000288. The fourth-order valence-corrected chi connectivity index (χ4v) is 2.57. The van der Waals surface area contributed by atoms with Crippen LogP contribution in [0, 0.1) is 0 Å². The highest BCUT2D eigenvalue weighted by Crippen LogP contribution is 2.07. The van der Waals surface area contributed by atoms with Gasteiger partial charge in [0.2, 0.25) is 0 Å². The van der Waals surface area contributed by atoms with Gasteiger partial charge in [0.15, 0.2) is 5.96 Å². The third-order valence-electron chi connectivity index (χ3n) is 3.88. The molecule has 1 aliphatic rings. The second-order valence-corrected chi connectivity index (χ2v) is 5.79. The molecule has 2 N–H and O–H groups in total. The fraction of sp³-hybridized carbons (Fsp3) is 0.611. The normalized spacial score (nSPS) is 15.2. The molecule has 1 saturated heterocycles. The van der Waals surface area contributed by atoms with Crippen molar-refractivity contribution in [2.24, 2.45) is 10.7 Å². The molecule has 136 valence electrons. The van der Waals surface area contributed by atoms with Crippen molar-refractivity contribution in [2.75, 3.05) is 39.5 Å². The van der Waals surface area contributed by atoms with Crippen molar-refractivity contribution in [3.8, 4) is 0 Å². The number of guanidine groups is 1. The molecule has 6 heteroatoms. The number of nitrogens with two attached hydrogens (primary N) is 1. The van der Waals surface area contributed by atoms with Crippen molar-refractivity contribution in [2.45, 2.75) is 32.3 Å². The molecule has 0 radical (unpaired) electrons. The van der Waals surface area contributed by atoms with Gasteiger partial charge in [-0.1, -0.05) is 30.3 Å². The highest BCUT2D eigenvalue weighted by Gasteiger charge is 2.11. The molecule has 0 atom stereocenters. The monoisotopic (exact) mass is 447 g/mol. The van der Waals surface area contributed by atoms with Crippen molar-refractivity contribution in [3.05, 3.63) is 35.9 Å². The van der Waals surface area contributed by atoms with Gasteiger partial charge in [-0.3, -0.25) is 4.99 Å². The Morgan fingerprint density at radius 3 is 2.46 bits per heavy atom. The van der Waals surface area contributed by atoms with Gasteiger partial charge in [-0.25, -0.2) is 0 Å². The fourth-order valence-electron chi connectivity index (χ4n) is 2.57. The molecular formula is C18H30IN3O2. The van der Waals surface area contributed by atoms with Crippen LogP contribution in [0.3, 0.4) is 0 Å². The molecular weight excluding hydrogens is 417 g/mol. The third kappa shape index (κ3) is 8.84. The standard InChI is InChI=1S/C18H29N3O2.HI/c19-18(21-11-5-2-6-12-21)20-10-7-13-22-14-15-23-16-17-8-3-1-4-9-17;/h1,3-4,8-9H,2,5-7,10-16H2,(H2,19,20);1H. The van der Waals surface area contributed by atoms with Crippen LogP contribution in [0.5, 0.6) is 0 Å². The van der Waals surface area contributed by atoms with Crippen molar-refractivity contribution in [1.29, 1.82) is 0 Å². The average molecular weight is 447 g/mol. The molecule has 24 heavy (non-hydrogen) atoms. The summed E-state index contributed by atoms with van der Waals surface area (Å²) in [6.45, 7) is 5.40. The summed E-state index contributed by atoms with van der Waals surface area (Å²) in [4.78, 5) is 6.61. The first-order valence-corrected chi connectivity index (χ1v) is 8.60. The summed E-state index contributed by atoms with van der Waals surface area (Å²) >= 11 is 0. The molecule has 1 aliphatic heterocycles. The van der Waals surface area contributed by atoms with Crippen LogP contribution < -0.4 is 5.73 Å². The minimum absolute atomic E-state index is 0. The number of benzene rings is 1. The van der Waals surface area contributed by atoms with Crippen LogP contribution in [-0.2, 0) is 16.1 Å². The first kappa shape index (κ1) is 21.2. The number of aliphatic imine (C=N–C) groups is 1. The number of hydrogen-bond acceptors (Lipinski definition) is 3. The van der Waals surface area contributed by atoms with E-state index < -0.39 is 0 Å². The highest BCUT2D eigenvalue weighted by atomic mass is 127. The summed E-state index contributed by atoms with van der Waals surface area (Å²) in [7, 11) is 0. The minimum atomic E-state index is 0. The number of rotatable bonds is 9. The van der Waals surface area contributed by atoms with E-state index in [4.69, 9.17) is 15.2 Å².